The number of hydrogen-bond donors (Lipinski definition) is 33. The molecule has 0 aromatic heterocycles. The van der Waals surface area contributed by atoms with Crippen molar-refractivity contribution < 1.29 is 265 Å². The Labute approximate surface area is 666 Å². The minimum atomic E-state index is -5.17. The first-order valence-corrected chi connectivity index (χ1v) is 39.8. The second-order valence-corrected chi connectivity index (χ2v) is 31.5. The summed E-state index contributed by atoms with van der Waals surface area (Å²) in [7, 11) is -10.7. The highest BCUT2D eigenvalue weighted by atomic mass is 32.3. The third-order valence-electron chi connectivity index (χ3n) is 21.8. The minimum Gasteiger partial charge on any atom is -0.759 e. The van der Waals surface area contributed by atoms with Crippen LogP contribution in [-0.4, -0.2) is 510 Å². The zero-order chi connectivity index (χ0) is 90.1. The van der Waals surface area contributed by atoms with Crippen LogP contribution in [0.3, 0.4) is 0 Å². The van der Waals surface area contributed by atoms with Gasteiger partial charge in [-0.3, -0.25) is 25.3 Å². The predicted molar refractivity (Wildman–Crippen MR) is 356 cm³/mol. The Balaban J connectivity index is 0.000000338. The number of rotatable bonds is 21. The van der Waals surface area contributed by atoms with Gasteiger partial charge >= 0.3 is 0 Å². The number of nitrogens with two attached hydrogens (primary N) is 6. The van der Waals surface area contributed by atoms with Crippen molar-refractivity contribution in [2.75, 3.05) is 60.8 Å². The Morgan fingerprint density at radius 1 is 0.325 bits per heavy atom. The summed E-state index contributed by atoms with van der Waals surface area (Å²) in [6, 6.07) is -9.14. The first-order chi connectivity index (χ1) is 53.8. The number of aliphatic hydroxyl groups excluding tert-OH is 21. The average Bonchev–Trinajstić information content (AvgIpc) is 1.62. The molecule has 0 spiro atoms. The first-order valence-electron chi connectivity index (χ1n) is 35.8. The Hall–Kier alpha value is -2.19. The van der Waals surface area contributed by atoms with Crippen molar-refractivity contribution >= 4 is 31.2 Å². The van der Waals surface area contributed by atoms with Crippen LogP contribution in [0.5, 0.6) is 0 Å². The van der Waals surface area contributed by atoms with Crippen LogP contribution in [-0.2, 0) is 88.0 Å². The third kappa shape index (κ3) is 25.8. The summed E-state index contributed by atoms with van der Waals surface area (Å²) in [6.45, 7) is 0.0305. The van der Waals surface area contributed by atoms with Crippen LogP contribution >= 0.6 is 0 Å². The van der Waals surface area contributed by atoms with Crippen LogP contribution in [0.1, 0.15) is 20.8 Å². The monoisotopic (exact) mass is 1790 g/mol. The van der Waals surface area contributed by atoms with Crippen LogP contribution in [0.15, 0.2) is 0 Å². The van der Waals surface area contributed by atoms with Crippen LogP contribution < -0.4 is 50.4 Å². The Morgan fingerprint density at radius 3 is 0.675 bits per heavy atom. The smallest absolute Gasteiger partial charge is 0.214 e. The molecule has 9 fully saturated rings. The molecule has 45 atom stereocenters. The molecule has 3 saturated carbocycles. The molecule has 0 bridgehead atoms. The fourth-order valence-corrected chi connectivity index (χ4v) is 14.3. The van der Waals surface area contributed by atoms with Crippen LogP contribution in [0, 0.1) is 0 Å². The second-order valence-electron chi connectivity index (χ2n) is 29.1. The van der Waals surface area contributed by atoms with Crippen LogP contribution in [0.4, 0.5) is 0 Å². The van der Waals surface area contributed by atoms with Crippen molar-refractivity contribution in [1.29, 1.82) is 0 Å². The van der Waals surface area contributed by atoms with Gasteiger partial charge in [-0.2, -0.15) is 0 Å². The summed E-state index contributed by atoms with van der Waals surface area (Å²) >= 11 is 0. The molecule has 0 radical (unpaired) electrons. The SMILES string of the molecule is C[NH2+]C1C(OC2C(OC3C([NH3+])C(O)C(N)C(O)C3O)OC(C)C2(O)CO)OC(CO)C(O)C1O.C[NH2+]C1C(OC2C(OC3C([NH3+])C(O)C(N)C(O)C3O)OC(C)C2(O)CO)OC(CO)C(O)C1O.C[NH2+]C1C(OC2C(OC3C([NH3+])C(O)C(N)C(O)C3O)OC(C)C2(O)CO)OC(CO)C(O)C1O.O=S(=O)([O-])[O-].O=S(=O)([O-])[O-].O=S(=O)([O-])[O-]. The van der Waals surface area contributed by atoms with Gasteiger partial charge in [0, 0.05) is 31.2 Å². The fraction of sp³-hybridized carbons (Fsp3) is 1.00. The molecule has 696 valence electrons. The molecule has 0 aromatic rings. The van der Waals surface area contributed by atoms with E-state index in [2.05, 4.69) is 17.2 Å². The molecular formula is C57H117N9O48S3. The topological polar surface area (TPSA) is 1050 Å². The van der Waals surface area contributed by atoms with Gasteiger partial charge in [0.05, 0.1) is 97.2 Å². The molecule has 60 heteroatoms. The number of ether oxygens (including phenoxy) is 12. The number of aliphatic hydroxyl groups is 24. The number of hydrogen-bond acceptors (Lipinski definition) is 51. The standard InChI is InChI=1S/3C19H37N3O12.3H2O4S/c3*1-5-19(30,4-24)16(34-17-9(22-2)13(28)10(25)6(3-23)32-17)18(31-5)33-15-8(21)11(26)7(20)12(27)14(15)29;3*1-5(2,3)4/h3*5-18,22-30H,3-4,20-21H2,1-2H3;3*(H2,1,2,3,4). The molecule has 6 saturated heterocycles. The lowest BCUT2D eigenvalue weighted by atomic mass is 9.82. The lowest BCUT2D eigenvalue weighted by Gasteiger charge is -2.44. The summed E-state index contributed by atoms with van der Waals surface area (Å²) in [5.74, 6) is 0. The normalized spacial score (nSPS) is 48.9. The first kappa shape index (κ1) is 107. The maximum atomic E-state index is 11.1. The van der Waals surface area contributed by atoms with Gasteiger partial charge in [-0.05, 0) is 20.8 Å². The van der Waals surface area contributed by atoms with E-state index in [9.17, 15) is 123 Å². The Bertz CT molecular complexity index is 2930. The van der Waals surface area contributed by atoms with E-state index < -0.39 is 345 Å². The van der Waals surface area contributed by atoms with Crippen LogP contribution in [0.25, 0.3) is 0 Å². The quantitative estimate of drug-likeness (QED) is 0.0375. The van der Waals surface area contributed by atoms with Crippen molar-refractivity contribution in [3.63, 3.8) is 0 Å². The Kier molecular flexibility index (Phi) is 40.6. The summed E-state index contributed by atoms with van der Waals surface area (Å²) in [4.78, 5) is 0. The molecule has 57 nitrogen and oxygen atoms in total. The average molecular weight is 1790 g/mol. The van der Waals surface area contributed by atoms with E-state index in [0.717, 1.165) is 0 Å². The molecule has 45 N–H and O–H groups in total. The molecule has 6 aliphatic heterocycles. The molecule has 117 heavy (non-hydrogen) atoms. The molecule has 0 amide bonds. The van der Waals surface area contributed by atoms with E-state index in [-0.39, 0.29) is 0 Å². The van der Waals surface area contributed by atoms with E-state index in [1.165, 1.54) is 36.7 Å². The highest BCUT2D eigenvalue weighted by Crippen LogP contribution is 2.42. The van der Waals surface area contributed by atoms with E-state index in [4.69, 9.17) is 127 Å². The van der Waals surface area contributed by atoms with Gasteiger partial charge < -0.3 is 257 Å². The van der Waals surface area contributed by atoms with Gasteiger partial charge in [0.2, 0.25) is 18.9 Å². The maximum absolute atomic E-state index is 11.1. The van der Waals surface area contributed by atoms with Gasteiger partial charge in [0.1, 0.15) is 181 Å². The summed E-state index contributed by atoms with van der Waals surface area (Å²) in [6.07, 6.45) is -44.6. The summed E-state index contributed by atoms with van der Waals surface area (Å²) < 4.78 is 171. The third-order valence-corrected chi connectivity index (χ3v) is 21.8. The van der Waals surface area contributed by atoms with Gasteiger partial charge in [0.15, 0.2) is 37.0 Å². The van der Waals surface area contributed by atoms with Gasteiger partial charge in [0.25, 0.3) is 0 Å². The molecule has 45 unspecified atom stereocenters. The van der Waals surface area contributed by atoms with Crippen molar-refractivity contribution in [3.05, 3.63) is 0 Å². The molecule has 0 aromatic carbocycles. The molecular weight excluding hydrogens is 1670 g/mol. The zero-order valence-electron chi connectivity index (χ0n) is 63.3. The van der Waals surface area contributed by atoms with Crippen molar-refractivity contribution in [2.24, 2.45) is 17.2 Å². The molecule has 3 aliphatic carbocycles. The van der Waals surface area contributed by atoms with E-state index in [0.29, 0.717) is 0 Å². The molecule has 9 aliphatic rings. The summed E-state index contributed by atoms with van der Waals surface area (Å²) in [5.41, 5.74) is 22.4. The van der Waals surface area contributed by atoms with Gasteiger partial charge in [-0.15, -0.1) is 0 Å². The number of quaternary nitrogens is 6. The van der Waals surface area contributed by atoms with E-state index >= 15 is 0 Å². The van der Waals surface area contributed by atoms with E-state index in [1.807, 2.05) is 0 Å². The minimum absolute atomic E-state index is 0.621. The highest BCUT2D eigenvalue weighted by molar-refractivity contribution is 7.80. The zero-order valence-corrected chi connectivity index (χ0v) is 65.8. The van der Waals surface area contributed by atoms with Gasteiger partial charge in [-0.1, -0.05) is 0 Å². The second kappa shape index (κ2) is 44.3. The largest absolute Gasteiger partial charge is 0.759 e. The van der Waals surface area contributed by atoms with Crippen molar-refractivity contribution in [1.82, 2.24) is 0 Å². The summed E-state index contributed by atoms with van der Waals surface area (Å²) in [5, 5.41) is 251. The van der Waals surface area contributed by atoms with Gasteiger partial charge in [-0.25, -0.2) is 0 Å². The van der Waals surface area contributed by atoms with Crippen molar-refractivity contribution in [3.8, 4) is 0 Å². The molecule has 6 heterocycles. The lowest BCUT2D eigenvalue weighted by molar-refractivity contribution is -0.696. The highest BCUT2D eigenvalue weighted by Gasteiger charge is 2.65. The Morgan fingerprint density at radius 2 is 0.513 bits per heavy atom. The van der Waals surface area contributed by atoms with E-state index in [1.54, 1.807) is 21.1 Å². The predicted octanol–water partition coefficient (Wildman–Crippen LogP) is -30.2. The maximum Gasteiger partial charge on any atom is 0.214 e. The number of likely N-dealkylation sites (N-methyl/N-ethyl adjacent to an activating group) is 3. The van der Waals surface area contributed by atoms with Crippen LogP contribution in [0.2, 0.25) is 0 Å². The fourth-order valence-electron chi connectivity index (χ4n) is 14.3. The van der Waals surface area contributed by atoms with Crippen molar-refractivity contribution in [2.45, 2.75) is 294 Å². The molecule has 9 rings (SSSR count). The lowest BCUT2D eigenvalue weighted by Crippen LogP contribution is -2.94.